The predicted molar refractivity (Wildman–Crippen MR) is 51.9 cm³/mol. The average molecular weight is 194 g/mol. The summed E-state index contributed by atoms with van der Waals surface area (Å²) in [5.74, 6) is -0.476. The molecule has 0 atom stereocenters. The largest absolute Gasteiger partial charge is 0.353 e. The fraction of sp³-hybridized carbons (Fsp3) is 0.200. The van der Waals surface area contributed by atoms with Crippen molar-refractivity contribution in [3.8, 4) is 0 Å². The minimum atomic E-state index is -0.369. The van der Waals surface area contributed by atoms with Gasteiger partial charge in [-0.15, -0.1) is 0 Å². The number of hydrogen-bond donors (Lipinski definition) is 1. The topological polar surface area (TPSA) is 42.0 Å². The molecule has 1 aromatic heterocycles. The molecule has 0 aliphatic rings. The third kappa shape index (κ3) is 3.35. The van der Waals surface area contributed by atoms with E-state index in [9.17, 15) is 9.18 Å². The summed E-state index contributed by atoms with van der Waals surface area (Å²) in [5.41, 5.74) is 0.463. The number of carbonyl (C=O) groups is 1. The predicted octanol–water partition coefficient (Wildman–Crippen LogP) is 1.37. The van der Waals surface area contributed by atoms with Gasteiger partial charge in [-0.2, -0.15) is 0 Å². The van der Waals surface area contributed by atoms with Crippen LogP contribution in [0.5, 0.6) is 0 Å². The van der Waals surface area contributed by atoms with Gasteiger partial charge in [-0.25, -0.2) is 4.39 Å². The first-order valence-corrected chi connectivity index (χ1v) is 4.20. The van der Waals surface area contributed by atoms with Crippen molar-refractivity contribution in [1.29, 1.82) is 0 Å². The van der Waals surface area contributed by atoms with Crippen LogP contribution in [0, 0.1) is 5.82 Å². The summed E-state index contributed by atoms with van der Waals surface area (Å²) in [4.78, 5) is 14.1. The number of hydrogen-bond acceptors (Lipinski definition) is 2. The fourth-order valence-corrected chi connectivity index (χ4v) is 0.910. The number of aromatic nitrogens is 1. The molecule has 0 saturated heterocycles. The molecule has 0 radical (unpaired) electrons. The Labute approximate surface area is 81.7 Å². The Bertz CT molecular complexity index is 350. The highest BCUT2D eigenvalue weighted by atomic mass is 19.1. The lowest BCUT2D eigenvalue weighted by Crippen LogP contribution is -2.19. The number of rotatable bonds is 3. The zero-order valence-corrected chi connectivity index (χ0v) is 7.83. The molecule has 74 valence electrons. The molecule has 1 rings (SSSR count). The highest BCUT2D eigenvalue weighted by Crippen LogP contribution is 2.05. The van der Waals surface area contributed by atoms with Crippen LogP contribution < -0.4 is 5.32 Å². The third-order valence-electron chi connectivity index (χ3n) is 1.57. The molecule has 1 amide bonds. The lowest BCUT2D eigenvalue weighted by Gasteiger charge is -1.96. The number of amides is 1. The lowest BCUT2D eigenvalue weighted by molar-refractivity contribution is -0.118. The van der Waals surface area contributed by atoms with E-state index in [2.05, 4.69) is 10.3 Å². The minimum absolute atomic E-state index is 0.107. The van der Waals surface area contributed by atoms with Crippen molar-refractivity contribution >= 4 is 12.0 Å². The van der Waals surface area contributed by atoms with Gasteiger partial charge in [0, 0.05) is 25.2 Å². The molecule has 0 bridgehead atoms. The van der Waals surface area contributed by atoms with E-state index in [1.54, 1.807) is 18.2 Å². The van der Waals surface area contributed by atoms with Crippen molar-refractivity contribution in [2.45, 2.75) is 6.92 Å². The Morgan fingerprint density at radius 3 is 3.14 bits per heavy atom. The Hall–Kier alpha value is -1.71. The maximum Gasteiger partial charge on any atom is 0.217 e. The van der Waals surface area contributed by atoms with Crippen LogP contribution in [0.15, 0.2) is 24.5 Å². The highest BCUT2D eigenvalue weighted by molar-refractivity contribution is 5.73. The molecule has 0 spiro atoms. The number of nitrogens with one attached hydrogen (secondary N) is 1. The van der Waals surface area contributed by atoms with E-state index in [-0.39, 0.29) is 11.7 Å². The minimum Gasteiger partial charge on any atom is -0.353 e. The van der Waals surface area contributed by atoms with Gasteiger partial charge in [-0.3, -0.25) is 9.78 Å². The van der Waals surface area contributed by atoms with Gasteiger partial charge in [0.05, 0.1) is 6.20 Å². The summed E-state index contributed by atoms with van der Waals surface area (Å²) in [6.45, 7) is 1.83. The number of pyridine rings is 1. The maximum atomic E-state index is 13.0. The van der Waals surface area contributed by atoms with E-state index in [0.717, 1.165) is 6.20 Å². The lowest BCUT2D eigenvalue weighted by atomic mass is 10.2. The monoisotopic (exact) mass is 194 g/mol. The summed E-state index contributed by atoms with van der Waals surface area (Å²) in [6, 6.07) is 1.57. The van der Waals surface area contributed by atoms with Gasteiger partial charge in [0.1, 0.15) is 5.82 Å². The fourth-order valence-electron chi connectivity index (χ4n) is 0.910. The van der Waals surface area contributed by atoms with Crippen LogP contribution in [0.2, 0.25) is 0 Å². The molecule has 0 fully saturated rings. The molecule has 0 aliphatic carbocycles. The average Bonchev–Trinajstić information content (AvgIpc) is 2.15. The summed E-state index contributed by atoms with van der Waals surface area (Å²) >= 11 is 0. The van der Waals surface area contributed by atoms with Gasteiger partial charge in [0.25, 0.3) is 0 Å². The molecule has 14 heavy (non-hydrogen) atoms. The van der Waals surface area contributed by atoms with Gasteiger partial charge < -0.3 is 5.32 Å². The molecule has 0 aliphatic heterocycles. The van der Waals surface area contributed by atoms with Gasteiger partial charge in [0.2, 0.25) is 5.91 Å². The highest BCUT2D eigenvalue weighted by Gasteiger charge is 1.95. The van der Waals surface area contributed by atoms with Crippen molar-refractivity contribution < 1.29 is 9.18 Å². The molecule has 0 unspecified atom stereocenters. The second-order valence-corrected chi connectivity index (χ2v) is 2.74. The van der Waals surface area contributed by atoms with Gasteiger partial charge in [-0.05, 0) is 6.07 Å². The zero-order valence-electron chi connectivity index (χ0n) is 7.83. The van der Waals surface area contributed by atoms with Gasteiger partial charge >= 0.3 is 0 Å². The normalized spacial score (nSPS) is 10.4. The van der Waals surface area contributed by atoms with Crippen molar-refractivity contribution in [2.24, 2.45) is 0 Å². The van der Waals surface area contributed by atoms with Crippen molar-refractivity contribution in [3.05, 3.63) is 35.9 Å². The van der Waals surface area contributed by atoms with E-state index in [1.165, 1.54) is 13.1 Å². The third-order valence-corrected chi connectivity index (χ3v) is 1.57. The van der Waals surface area contributed by atoms with Gasteiger partial charge in [-0.1, -0.05) is 12.2 Å². The Kier molecular flexibility index (Phi) is 3.79. The van der Waals surface area contributed by atoms with Crippen LogP contribution in [-0.2, 0) is 4.79 Å². The summed E-state index contributed by atoms with van der Waals surface area (Å²) < 4.78 is 13.0. The van der Waals surface area contributed by atoms with Crippen LogP contribution in [0.4, 0.5) is 4.39 Å². The van der Waals surface area contributed by atoms with E-state index in [1.807, 2.05) is 0 Å². The SMILES string of the molecule is CC(=O)NCC=Cc1ccncc1F. The molecule has 1 aromatic rings. The molecule has 0 aromatic carbocycles. The van der Waals surface area contributed by atoms with Gasteiger partial charge in [0.15, 0.2) is 0 Å². The molecule has 0 saturated carbocycles. The van der Waals surface area contributed by atoms with Crippen LogP contribution in [0.3, 0.4) is 0 Å². The maximum absolute atomic E-state index is 13.0. The zero-order chi connectivity index (χ0) is 10.4. The van der Waals surface area contributed by atoms with Crippen LogP contribution in [0.25, 0.3) is 6.08 Å². The standard InChI is InChI=1S/C10H11FN2O/c1-8(14)13-5-2-3-9-4-6-12-7-10(9)11/h2-4,6-7H,5H2,1H3,(H,13,14). The van der Waals surface area contributed by atoms with E-state index in [4.69, 9.17) is 0 Å². The first-order chi connectivity index (χ1) is 6.70. The number of carbonyl (C=O) groups excluding carboxylic acids is 1. The van der Waals surface area contributed by atoms with Crippen molar-refractivity contribution in [3.63, 3.8) is 0 Å². The molecular formula is C10H11FN2O. The Morgan fingerprint density at radius 2 is 2.50 bits per heavy atom. The van der Waals surface area contributed by atoms with Crippen LogP contribution in [-0.4, -0.2) is 17.4 Å². The van der Waals surface area contributed by atoms with Crippen molar-refractivity contribution in [2.75, 3.05) is 6.54 Å². The first kappa shape index (κ1) is 10.4. The first-order valence-electron chi connectivity index (χ1n) is 4.20. The summed E-state index contributed by atoms with van der Waals surface area (Å²) in [5, 5.41) is 2.57. The van der Waals surface area contributed by atoms with E-state index < -0.39 is 0 Å². The van der Waals surface area contributed by atoms with Crippen molar-refractivity contribution in [1.82, 2.24) is 10.3 Å². The van der Waals surface area contributed by atoms with E-state index in [0.29, 0.717) is 12.1 Å². The molecular weight excluding hydrogens is 183 g/mol. The Morgan fingerprint density at radius 1 is 1.71 bits per heavy atom. The smallest absolute Gasteiger partial charge is 0.217 e. The second-order valence-electron chi connectivity index (χ2n) is 2.74. The quantitative estimate of drug-likeness (QED) is 0.789. The molecule has 3 nitrogen and oxygen atoms in total. The summed E-state index contributed by atoms with van der Waals surface area (Å²) in [6.07, 6.45) is 5.95. The molecule has 4 heteroatoms. The molecule has 1 N–H and O–H groups in total. The van der Waals surface area contributed by atoms with E-state index >= 15 is 0 Å². The second kappa shape index (κ2) is 5.11. The summed E-state index contributed by atoms with van der Waals surface area (Å²) in [7, 11) is 0. The number of nitrogens with zero attached hydrogens (tertiary/aromatic N) is 1. The van der Waals surface area contributed by atoms with Crippen LogP contribution in [0.1, 0.15) is 12.5 Å². The molecule has 1 heterocycles. The Balaban J connectivity index is 2.52. The number of halogens is 1. The van der Waals surface area contributed by atoms with Crippen LogP contribution >= 0.6 is 0 Å².